The van der Waals surface area contributed by atoms with Crippen molar-refractivity contribution in [1.82, 2.24) is 39.5 Å². The molecule has 1 unspecified atom stereocenters. The minimum Gasteiger partial charge on any atom is -0.386 e. The van der Waals surface area contributed by atoms with Gasteiger partial charge in [0.2, 0.25) is 0 Å². The van der Waals surface area contributed by atoms with Crippen LogP contribution in [0.2, 0.25) is 5.02 Å². The highest BCUT2D eigenvalue weighted by atomic mass is 35.5. The highest BCUT2D eigenvalue weighted by Crippen LogP contribution is 2.29. The van der Waals surface area contributed by atoms with Gasteiger partial charge in [-0.1, -0.05) is 16.8 Å². The fraction of sp³-hybridized carbons (Fsp3) is 0.500. The molecular weight excluding hydrogens is 516 g/mol. The van der Waals surface area contributed by atoms with Crippen molar-refractivity contribution in [2.75, 3.05) is 19.6 Å². The van der Waals surface area contributed by atoms with Crippen LogP contribution < -0.4 is 5.32 Å². The molecule has 0 spiro atoms. The number of likely N-dealkylation sites (tertiary alicyclic amines) is 1. The highest BCUT2D eigenvalue weighted by molar-refractivity contribution is 6.30. The van der Waals surface area contributed by atoms with E-state index >= 15 is 0 Å². The van der Waals surface area contributed by atoms with E-state index in [9.17, 15) is 24.6 Å². The number of β-amino-alcohol motifs (C(OH)–C–C–N with tert-alkyl or cyclic N) is 2. The number of hydrogen-bond donors (Lipinski definition) is 3. The molecular formula is C24H29ClN8O5. The number of nitrogens with zero attached hydrogens (tertiary/aromatic N) is 7. The van der Waals surface area contributed by atoms with Gasteiger partial charge in [0.1, 0.15) is 16.8 Å². The lowest BCUT2D eigenvalue weighted by Crippen LogP contribution is -2.68. The number of halogens is 1. The first kappa shape index (κ1) is 26.1. The molecule has 0 radical (unpaired) electrons. The lowest BCUT2D eigenvalue weighted by Gasteiger charge is -2.48. The van der Waals surface area contributed by atoms with Crippen molar-refractivity contribution in [3.05, 3.63) is 47.1 Å². The first-order valence-corrected chi connectivity index (χ1v) is 12.5. The van der Waals surface area contributed by atoms with Crippen LogP contribution in [0.5, 0.6) is 0 Å². The summed E-state index contributed by atoms with van der Waals surface area (Å²) in [5.74, 6) is -1.18. The molecule has 13 nitrogen and oxygen atoms in total. The molecule has 38 heavy (non-hydrogen) atoms. The maximum atomic E-state index is 12.9. The lowest BCUT2D eigenvalue weighted by molar-refractivity contribution is -0.174. The van der Waals surface area contributed by atoms with E-state index in [4.69, 9.17) is 11.6 Å². The van der Waals surface area contributed by atoms with Crippen LogP contribution in [0, 0.1) is 0 Å². The number of pyridine rings is 1. The summed E-state index contributed by atoms with van der Waals surface area (Å²) in [5.41, 5.74) is -1.98. The number of carbonyl (C=O) groups excluding carboxylic acids is 3. The average molecular weight is 545 g/mol. The maximum absolute atomic E-state index is 12.9. The summed E-state index contributed by atoms with van der Waals surface area (Å²) in [6, 6.07) is 2.94. The Morgan fingerprint density at radius 3 is 2.61 bits per heavy atom. The monoisotopic (exact) mass is 544 g/mol. The van der Waals surface area contributed by atoms with Crippen molar-refractivity contribution >= 4 is 35.1 Å². The number of carbonyl (C=O) groups is 3. The number of hydrogen-bond acceptors (Lipinski definition) is 8. The Morgan fingerprint density at radius 1 is 1.18 bits per heavy atom. The summed E-state index contributed by atoms with van der Waals surface area (Å²) in [6.45, 7) is 4.34. The normalized spacial score (nSPS) is 19.9. The molecule has 0 bridgehead atoms. The minimum absolute atomic E-state index is 0.0194. The quantitative estimate of drug-likeness (QED) is 0.340. The molecule has 1 atom stereocenters. The Bertz CT molecular complexity index is 1420. The maximum Gasteiger partial charge on any atom is 0.325 e. The predicted molar refractivity (Wildman–Crippen MR) is 134 cm³/mol. The Balaban J connectivity index is 1.12. The van der Waals surface area contributed by atoms with E-state index in [2.05, 4.69) is 20.6 Å². The summed E-state index contributed by atoms with van der Waals surface area (Å²) < 4.78 is 3.50. The number of aryl methyl sites for hydroxylation is 1. The van der Waals surface area contributed by atoms with Gasteiger partial charge in [-0.2, -0.15) is 0 Å². The van der Waals surface area contributed by atoms with Gasteiger partial charge >= 0.3 is 6.03 Å². The molecule has 5 rings (SSSR count). The number of aromatic nitrogens is 5. The van der Waals surface area contributed by atoms with Crippen molar-refractivity contribution in [2.24, 2.45) is 0 Å². The molecule has 2 aliphatic heterocycles. The molecule has 0 aliphatic carbocycles. The first-order chi connectivity index (χ1) is 17.7. The van der Waals surface area contributed by atoms with Gasteiger partial charge in [-0.3, -0.25) is 14.5 Å². The van der Waals surface area contributed by atoms with Crippen molar-refractivity contribution in [3.8, 4) is 0 Å². The van der Waals surface area contributed by atoms with Crippen LogP contribution in [0.4, 0.5) is 4.79 Å². The van der Waals surface area contributed by atoms with Gasteiger partial charge < -0.3 is 24.8 Å². The molecule has 3 N–H and O–H groups in total. The summed E-state index contributed by atoms with van der Waals surface area (Å²) in [7, 11) is 0. The summed E-state index contributed by atoms with van der Waals surface area (Å²) in [4.78, 5) is 44.1. The molecule has 3 aromatic heterocycles. The van der Waals surface area contributed by atoms with Gasteiger partial charge in [0.15, 0.2) is 5.60 Å². The number of fused-ring (bicyclic) bond motifs is 1. The second-order valence-corrected chi connectivity index (χ2v) is 11.3. The first-order valence-electron chi connectivity index (χ1n) is 12.2. The van der Waals surface area contributed by atoms with Crippen LogP contribution in [0.3, 0.4) is 0 Å². The summed E-state index contributed by atoms with van der Waals surface area (Å²) in [6.07, 6.45) is 6.20. The van der Waals surface area contributed by atoms with Gasteiger partial charge in [-0.05, 0) is 45.7 Å². The van der Waals surface area contributed by atoms with Crippen LogP contribution in [-0.2, 0) is 22.6 Å². The number of urea groups is 1. The smallest absolute Gasteiger partial charge is 0.325 e. The van der Waals surface area contributed by atoms with E-state index in [1.807, 2.05) is 16.7 Å². The van der Waals surface area contributed by atoms with Gasteiger partial charge in [0.25, 0.3) is 11.8 Å². The third-order valence-corrected chi connectivity index (χ3v) is 7.07. The van der Waals surface area contributed by atoms with E-state index in [0.717, 1.165) is 16.2 Å². The van der Waals surface area contributed by atoms with Gasteiger partial charge in [-0.25, -0.2) is 14.5 Å². The van der Waals surface area contributed by atoms with E-state index in [1.165, 1.54) is 11.8 Å². The Morgan fingerprint density at radius 2 is 1.92 bits per heavy atom. The molecule has 2 fully saturated rings. The summed E-state index contributed by atoms with van der Waals surface area (Å²) in [5, 5.41) is 33.1. The number of amides is 4. The second kappa shape index (κ2) is 9.03. The zero-order valence-electron chi connectivity index (χ0n) is 21.3. The molecule has 0 aromatic carbocycles. The van der Waals surface area contributed by atoms with Crippen LogP contribution in [0.15, 0.2) is 30.7 Å². The van der Waals surface area contributed by atoms with Crippen molar-refractivity contribution < 1.29 is 24.6 Å². The molecule has 14 heteroatoms. The average Bonchev–Trinajstić information content (AvgIpc) is 3.48. The van der Waals surface area contributed by atoms with Gasteiger partial charge in [0.05, 0.1) is 42.6 Å². The number of aliphatic hydroxyl groups is 2. The van der Waals surface area contributed by atoms with E-state index in [1.54, 1.807) is 37.0 Å². The van der Waals surface area contributed by atoms with Crippen molar-refractivity contribution in [3.63, 3.8) is 0 Å². The fourth-order valence-electron chi connectivity index (χ4n) is 4.79. The number of rotatable bonds is 8. The van der Waals surface area contributed by atoms with Crippen LogP contribution in [0.1, 0.15) is 38.6 Å². The minimum atomic E-state index is -1.99. The van der Waals surface area contributed by atoms with Gasteiger partial charge in [-0.15, -0.1) is 5.10 Å². The van der Waals surface area contributed by atoms with Crippen molar-refractivity contribution in [1.29, 1.82) is 0 Å². The Kier molecular flexibility index (Phi) is 6.20. The molecule has 2 aliphatic rings. The third-order valence-electron chi connectivity index (χ3n) is 6.85. The standard InChI is InChI=1S/C24H29ClN8O5/c1-22(2)19(34)33(21(36)27-22)12-23(3,37)20(35)31-13-24(38,14-31)7-6-16-10-32(29-28-16)11-17-9-30-8-15(25)4-5-18(30)26-17/h4-5,8-10,37-38H,6-7,11-14H2,1-3H3,(H,27,36). The Hall–Kier alpha value is -3.55. The second-order valence-electron chi connectivity index (χ2n) is 10.9. The lowest BCUT2D eigenvalue weighted by atomic mass is 9.86. The molecule has 0 saturated carbocycles. The molecule has 2 saturated heterocycles. The third kappa shape index (κ3) is 4.96. The highest BCUT2D eigenvalue weighted by Gasteiger charge is 2.51. The Labute approximate surface area is 223 Å². The molecule has 202 valence electrons. The largest absolute Gasteiger partial charge is 0.386 e. The number of imide groups is 1. The number of nitrogens with one attached hydrogen (secondary N) is 1. The van der Waals surface area contributed by atoms with Crippen LogP contribution in [-0.4, -0.2) is 98.6 Å². The van der Waals surface area contributed by atoms with E-state index in [-0.39, 0.29) is 13.1 Å². The van der Waals surface area contributed by atoms with Gasteiger partial charge in [0, 0.05) is 18.6 Å². The molecule has 3 aromatic rings. The predicted octanol–water partition coefficient (Wildman–Crippen LogP) is 0.215. The number of imidazole rings is 1. The summed E-state index contributed by atoms with van der Waals surface area (Å²) >= 11 is 6.02. The van der Waals surface area contributed by atoms with Crippen molar-refractivity contribution in [2.45, 2.75) is 56.9 Å². The van der Waals surface area contributed by atoms with E-state index < -0.39 is 41.1 Å². The SMILES string of the molecule is CC(O)(CN1C(=O)NC(C)(C)C1=O)C(=O)N1CC(O)(CCc2cn(Cc3cn4cc(Cl)ccc4n3)nn2)C1. The molecule has 5 heterocycles. The zero-order chi connectivity index (χ0) is 27.5. The van der Waals surface area contributed by atoms with Crippen LogP contribution >= 0.6 is 11.6 Å². The van der Waals surface area contributed by atoms with E-state index in [0.29, 0.717) is 30.1 Å². The van der Waals surface area contributed by atoms with Crippen LogP contribution in [0.25, 0.3) is 5.65 Å². The zero-order valence-corrected chi connectivity index (χ0v) is 22.0. The molecule has 4 amide bonds. The topological polar surface area (TPSA) is 158 Å². The fourth-order valence-corrected chi connectivity index (χ4v) is 4.96.